The lowest BCUT2D eigenvalue weighted by atomic mass is 10.1. The molecule has 3 N–H and O–H groups in total. The molecule has 0 fully saturated rings. The van der Waals surface area contributed by atoms with Crippen molar-refractivity contribution in [3.05, 3.63) is 35.4 Å². The van der Waals surface area contributed by atoms with Gasteiger partial charge in [-0.3, -0.25) is 0 Å². The van der Waals surface area contributed by atoms with Gasteiger partial charge >= 0.3 is 0 Å². The average molecular weight is 338 g/mol. The number of thiocarbonyl (C=S) groups is 1. The number of alkyl halides is 2. The number of ether oxygens (including phenoxy) is 1. The van der Waals surface area contributed by atoms with E-state index in [9.17, 15) is 17.2 Å². The quantitative estimate of drug-likeness (QED) is 0.519. The summed E-state index contributed by atoms with van der Waals surface area (Å²) in [7, 11) is -3.62. The van der Waals surface area contributed by atoms with E-state index in [0.717, 1.165) is 0 Å². The Morgan fingerprint density at radius 1 is 1.38 bits per heavy atom. The van der Waals surface area contributed by atoms with E-state index in [1.807, 2.05) is 0 Å². The highest BCUT2D eigenvalue weighted by Gasteiger charge is 2.14. The van der Waals surface area contributed by atoms with Crippen LogP contribution in [0.25, 0.3) is 0 Å². The van der Waals surface area contributed by atoms with Gasteiger partial charge in [-0.1, -0.05) is 36.5 Å². The van der Waals surface area contributed by atoms with Gasteiger partial charge in [0.1, 0.15) is 11.6 Å². The number of hydrogen-bond acceptors (Lipinski definition) is 4. The fourth-order valence-electron chi connectivity index (χ4n) is 1.58. The molecule has 0 saturated heterocycles. The number of benzene rings is 1. The Bertz CT molecular complexity index is 580. The van der Waals surface area contributed by atoms with Gasteiger partial charge in [-0.2, -0.15) is 0 Å². The maximum absolute atomic E-state index is 11.9. The van der Waals surface area contributed by atoms with Crippen LogP contribution in [0.1, 0.15) is 11.1 Å². The summed E-state index contributed by atoms with van der Waals surface area (Å²) in [6.07, 6.45) is -2.57. The molecule has 0 aliphatic rings. The van der Waals surface area contributed by atoms with Crippen LogP contribution in [-0.2, 0) is 20.5 Å². The van der Waals surface area contributed by atoms with Gasteiger partial charge in [0.25, 0.3) is 6.43 Å². The van der Waals surface area contributed by atoms with Crippen molar-refractivity contribution in [1.29, 1.82) is 0 Å². The van der Waals surface area contributed by atoms with E-state index in [2.05, 4.69) is 9.46 Å². The number of sulfonamides is 1. The predicted molar refractivity (Wildman–Crippen MR) is 79.8 cm³/mol. The minimum Gasteiger partial charge on any atom is -0.389 e. The van der Waals surface area contributed by atoms with Crippen LogP contribution in [0, 0.1) is 0 Å². The van der Waals surface area contributed by atoms with Gasteiger partial charge in [-0.25, -0.2) is 21.9 Å². The van der Waals surface area contributed by atoms with Gasteiger partial charge in [0.05, 0.1) is 12.4 Å². The Morgan fingerprint density at radius 2 is 2.05 bits per heavy atom. The zero-order chi connectivity index (χ0) is 15.9. The second kappa shape index (κ2) is 8.32. The fraction of sp³-hybridized carbons (Fsp3) is 0.417. The topological polar surface area (TPSA) is 81.4 Å². The number of halogens is 2. The summed E-state index contributed by atoms with van der Waals surface area (Å²) in [4.78, 5) is 0.112. The van der Waals surface area contributed by atoms with Crippen molar-refractivity contribution in [2.45, 2.75) is 12.2 Å². The third-order valence-electron chi connectivity index (χ3n) is 2.44. The van der Waals surface area contributed by atoms with Gasteiger partial charge in [-0.15, -0.1) is 0 Å². The molecule has 118 valence electrons. The van der Waals surface area contributed by atoms with E-state index in [1.54, 1.807) is 24.3 Å². The third kappa shape index (κ3) is 6.89. The summed E-state index contributed by atoms with van der Waals surface area (Å²) in [5.74, 6) is -0.296. The molecule has 9 heteroatoms. The van der Waals surface area contributed by atoms with Crippen molar-refractivity contribution < 1.29 is 21.9 Å². The van der Waals surface area contributed by atoms with E-state index >= 15 is 0 Å². The molecule has 0 aliphatic carbocycles. The highest BCUT2D eigenvalue weighted by Crippen LogP contribution is 2.12. The summed E-state index contributed by atoms with van der Waals surface area (Å²) in [6.45, 7) is -0.920. The maximum atomic E-state index is 11.9. The zero-order valence-corrected chi connectivity index (χ0v) is 12.7. The molecule has 0 saturated carbocycles. The first kappa shape index (κ1) is 17.9. The number of nitrogens with one attached hydrogen (secondary N) is 1. The minimum absolute atomic E-state index is 0.0791. The monoisotopic (exact) mass is 338 g/mol. The van der Waals surface area contributed by atoms with Crippen LogP contribution in [0.3, 0.4) is 0 Å². The third-order valence-corrected chi connectivity index (χ3v) is 4.00. The van der Waals surface area contributed by atoms with Crippen molar-refractivity contribution in [2.75, 3.05) is 19.8 Å². The van der Waals surface area contributed by atoms with Crippen molar-refractivity contribution in [2.24, 2.45) is 5.73 Å². The lowest BCUT2D eigenvalue weighted by molar-refractivity contribution is 0.0199. The summed E-state index contributed by atoms with van der Waals surface area (Å²) >= 11 is 4.86. The summed E-state index contributed by atoms with van der Waals surface area (Å²) < 4.78 is 54.2. The highest BCUT2D eigenvalue weighted by atomic mass is 32.2. The van der Waals surface area contributed by atoms with Crippen molar-refractivity contribution in [1.82, 2.24) is 4.72 Å². The van der Waals surface area contributed by atoms with Crippen LogP contribution in [0.5, 0.6) is 0 Å². The van der Waals surface area contributed by atoms with E-state index in [-0.39, 0.29) is 23.9 Å². The predicted octanol–water partition coefficient (Wildman–Crippen LogP) is 1.02. The van der Waals surface area contributed by atoms with Crippen LogP contribution in [0.4, 0.5) is 8.78 Å². The molecule has 0 heterocycles. The Labute approximate surface area is 127 Å². The van der Waals surface area contributed by atoms with E-state index in [0.29, 0.717) is 11.1 Å². The normalized spacial score (nSPS) is 11.8. The zero-order valence-electron chi connectivity index (χ0n) is 11.1. The molecule has 0 atom stereocenters. The minimum atomic E-state index is -3.62. The van der Waals surface area contributed by atoms with Gasteiger partial charge in [0.2, 0.25) is 10.0 Å². The smallest absolute Gasteiger partial charge is 0.261 e. The molecule has 5 nitrogen and oxygen atoms in total. The van der Waals surface area contributed by atoms with Crippen LogP contribution in [0.15, 0.2) is 24.3 Å². The molecule has 0 aromatic heterocycles. The fourth-order valence-corrected chi connectivity index (χ4v) is 2.94. The highest BCUT2D eigenvalue weighted by molar-refractivity contribution is 7.88. The standard InChI is InChI=1S/C12H16F2N2O3S2/c13-11(14)7-19-6-5-16-21(17,18)8-9-3-1-2-4-10(9)12(15)20/h1-4,11,16H,5-8H2,(H2,15,20). The first-order valence-electron chi connectivity index (χ1n) is 6.03. The van der Waals surface area contributed by atoms with Gasteiger partial charge < -0.3 is 10.5 Å². The van der Waals surface area contributed by atoms with E-state index < -0.39 is 23.1 Å². The molecule has 21 heavy (non-hydrogen) atoms. The SMILES string of the molecule is NC(=S)c1ccccc1CS(=O)(=O)NCCOCC(F)F. The molecule has 1 aromatic rings. The second-order valence-corrected chi connectivity index (χ2v) is 6.39. The number of nitrogens with two attached hydrogens (primary N) is 1. The molecule has 0 radical (unpaired) electrons. The van der Waals surface area contributed by atoms with Crippen molar-refractivity contribution in [3.8, 4) is 0 Å². The molecular formula is C12H16F2N2O3S2. The van der Waals surface area contributed by atoms with Crippen molar-refractivity contribution >= 4 is 27.2 Å². The van der Waals surface area contributed by atoms with Gasteiger partial charge in [0.15, 0.2) is 0 Å². The number of hydrogen-bond donors (Lipinski definition) is 2. The van der Waals surface area contributed by atoms with Crippen molar-refractivity contribution in [3.63, 3.8) is 0 Å². The first-order valence-corrected chi connectivity index (χ1v) is 8.09. The molecular weight excluding hydrogens is 322 g/mol. The Hall–Kier alpha value is -1.16. The first-order chi connectivity index (χ1) is 9.82. The molecule has 0 amide bonds. The van der Waals surface area contributed by atoms with E-state index in [1.165, 1.54) is 0 Å². The summed E-state index contributed by atoms with van der Waals surface area (Å²) in [5, 5.41) is 0. The molecule has 0 unspecified atom stereocenters. The molecule has 0 bridgehead atoms. The van der Waals surface area contributed by atoms with Gasteiger partial charge in [0, 0.05) is 12.1 Å². The summed E-state index contributed by atoms with van der Waals surface area (Å²) in [6, 6.07) is 6.63. The number of rotatable bonds is 9. The van der Waals surface area contributed by atoms with Gasteiger partial charge in [-0.05, 0) is 5.56 Å². The van der Waals surface area contributed by atoms with Crippen LogP contribution in [0.2, 0.25) is 0 Å². The second-order valence-electron chi connectivity index (χ2n) is 4.14. The van der Waals surface area contributed by atoms with Crippen LogP contribution < -0.4 is 10.5 Å². The average Bonchev–Trinajstić information content (AvgIpc) is 2.37. The molecule has 0 aliphatic heterocycles. The van der Waals surface area contributed by atoms with E-state index in [4.69, 9.17) is 18.0 Å². The van der Waals surface area contributed by atoms with Crippen LogP contribution >= 0.6 is 12.2 Å². The Balaban J connectivity index is 2.55. The van der Waals surface area contributed by atoms with Crippen LogP contribution in [-0.4, -0.2) is 39.6 Å². The lowest BCUT2D eigenvalue weighted by Gasteiger charge is -2.10. The largest absolute Gasteiger partial charge is 0.389 e. The maximum Gasteiger partial charge on any atom is 0.261 e. The molecule has 1 rings (SSSR count). The Kier molecular flexibility index (Phi) is 7.09. The Morgan fingerprint density at radius 3 is 2.67 bits per heavy atom. The lowest BCUT2D eigenvalue weighted by Crippen LogP contribution is -2.29. The molecule has 0 spiro atoms. The molecule has 1 aromatic carbocycles. The summed E-state index contributed by atoms with van der Waals surface area (Å²) in [5.41, 5.74) is 6.50.